The van der Waals surface area contributed by atoms with Crippen LogP contribution in [0, 0.1) is 18.7 Å². The molecule has 0 N–H and O–H groups in total. The van der Waals surface area contributed by atoms with Gasteiger partial charge < -0.3 is 0 Å². The number of nitrogens with zero attached hydrogens (tertiary/aromatic N) is 2. The molecule has 0 aliphatic heterocycles. The van der Waals surface area contributed by atoms with E-state index in [2.05, 4.69) is 5.10 Å². The van der Waals surface area contributed by atoms with E-state index in [1.165, 1.54) is 12.1 Å². The van der Waals surface area contributed by atoms with Crippen LogP contribution < -0.4 is 0 Å². The van der Waals surface area contributed by atoms with E-state index in [0.717, 1.165) is 16.6 Å². The number of carbonyl (C=O) groups excluding carboxylic acids is 1. The summed E-state index contributed by atoms with van der Waals surface area (Å²) < 4.78 is 14.9. The van der Waals surface area contributed by atoms with Crippen LogP contribution in [0.25, 0.3) is 16.8 Å². The topological polar surface area (TPSA) is 34.4 Å². The Bertz CT molecular complexity index is 847. The molecule has 3 aromatic rings. The van der Waals surface area contributed by atoms with Gasteiger partial charge in [-0.1, -0.05) is 19.9 Å². The molecule has 1 aromatic carbocycles. The molecule has 2 heterocycles. The Labute approximate surface area is 128 Å². The van der Waals surface area contributed by atoms with Gasteiger partial charge in [0, 0.05) is 17.7 Å². The highest BCUT2D eigenvalue weighted by Gasteiger charge is 2.22. The minimum atomic E-state index is -0.305. The minimum Gasteiger partial charge on any atom is -0.294 e. The fourth-order valence-corrected chi connectivity index (χ4v) is 2.49. The molecule has 4 heteroatoms. The maximum absolute atomic E-state index is 13.2. The van der Waals surface area contributed by atoms with Crippen molar-refractivity contribution in [1.29, 1.82) is 0 Å². The Morgan fingerprint density at radius 3 is 2.45 bits per heavy atom. The summed E-state index contributed by atoms with van der Waals surface area (Å²) >= 11 is 0. The van der Waals surface area contributed by atoms with E-state index in [0.29, 0.717) is 11.3 Å². The van der Waals surface area contributed by atoms with Crippen molar-refractivity contribution < 1.29 is 9.18 Å². The number of benzene rings is 1. The molecule has 0 fully saturated rings. The fraction of sp³-hybridized carbons (Fsp3) is 0.222. The molecule has 0 aliphatic rings. The van der Waals surface area contributed by atoms with Gasteiger partial charge in [0.2, 0.25) is 0 Å². The van der Waals surface area contributed by atoms with Crippen molar-refractivity contribution in [2.75, 3.05) is 0 Å². The van der Waals surface area contributed by atoms with Crippen LogP contribution in [0.15, 0.2) is 42.6 Å². The highest BCUT2D eigenvalue weighted by molar-refractivity contribution is 6.08. The first-order chi connectivity index (χ1) is 10.5. The standard InChI is InChI=1S/C18H17FN2O/c1-11(2)18(22)16-15-9-4-12(3)10-21(15)20-17(16)13-5-7-14(19)8-6-13/h4-11H,1-3H3. The van der Waals surface area contributed by atoms with Gasteiger partial charge in [-0.2, -0.15) is 5.10 Å². The average molecular weight is 296 g/mol. The molecule has 0 saturated carbocycles. The number of pyridine rings is 1. The van der Waals surface area contributed by atoms with E-state index < -0.39 is 0 Å². The number of Topliss-reactive ketones (excluding diaryl/α,β-unsaturated/α-hetero) is 1. The van der Waals surface area contributed by atoms with Crippen LogP contribution in [-0.2, 0) is 0 Å². The number of halogens is 1. The molecule has 0 spiro atoms. The third kappa shape index (κ3) is 2.41. The van der Waals surface area contributed by atoms with Crippen molar-refractivity contribution in [2.45, 2.75) is 20.8 Å². The molecule has 22 heavy (non-hydrogen) atoms. The lowest BCUT2D eigenvalue weighted by Gasteiger charge is -2.05. The monoisotopic (exact) mass is 296 g/mol. The predicted molar refractivity (Wildman–Crippen MR) is 84.5 cm³/mol. The molecule has 3 rings (SSSR count). The van der Waals surface area contributed by atoms with Gasteiger partial charge in [0.05, 0.1) is 11.1 Å². The largest absolute Gasteiger partial charge is 0.294 e. The normalized spacial score (nSPS) is 11.3. The van der Waals surface area contributed by atoms with Crippen LogP contribution in [0.5, 0.6) is 0 Å². The van der Waals surface area contributed by atoms with Crippen molar-refractivity contribution in [2.24, 2.45) is 5.92 Å². The Morgan fingerprint density at radius 2 is 1.82 bits per heavy atom. The van der Waals surface area contributed by atoms with Crippen molar-refractivity contribution in [3.63, 3.8) is 0 Å². The van der Waals surface area contributed by atoms with Crippen molar-refractivity contribution in [1.82, 2.24) is 9.61 Å². The van der Waals surface area contributed by atoms with Gasteiger partial charge in [-0.05, 0) is 42.8 Å². The minimum absolute atomic E-state index is 0.0400. The maximum atomic E-state index is 13.2. The lowest BCUT2D eigenvalue weighted by atomic mass is 9.96. The third-order valence-corrected chi connectivity index (χ3v) is 3.67. The summed E-state index contributed by atoms with van der Waals surface area (Å²) in [7, 11) is 0. The molecule has 112 valence electrons. The number of aryl methyl sites for hydroxylation is 1. The first-order valence-corrected chi connectivity index (χ1v) is 7.26. The lowest BCUT2D eigenvalue weighted by molar-refractivity contribution is 0.0941. The SMILES string of the molecule is Cc1ccc2c(C(=O)C(C)C)c(-c3ccc(F)cc3)nn2c1. The van der Waals surface area contributed by atoms with Crippen molar-refractivity contribution in [3.05, 3.63) is 59.5 Å². The highest BCUT2D eigenvalue weighted by Crippen LogP contribution is 2.28. The molecule has 0 amide bonds. The quantitative estimate of drug-likeness (QED) is 0.676. The smallest absolute Gasteiger partial charge is 0.169 e. The van der Waals surface area contributed by atoms with Gasteiger partial charge in [-0.3, -0.25) is 4.79 Å². The zero-order valence-corrected chi connectivity index (χ0v) is 12.8. The number of carbonyl (C=O) groups is 1. The third-order valence-electron chi connectivity index (χ3n) is 3.67. The first kappa shape index (κ1) is 14.4. The van der Waals surface area contributed by atoms with Gasteiger partial charge in [0.1, 0.15) is 11.5 Å². The van der Waals surface area contributed by atoms with E-state index in [-0.39, 0.29) is 17.5 Å². The summed E-state index contributed by atoms with van der Waals surface area (Å²) in [5.74, 6) is -0.397. The number of ketones is 1. The van der Waals surface area contributed by atoms with Crippen LogP contribution >= 0.6 is 0 Å². The van der Waals surface area contributed by atoms with Crippen LogP contribution in [0.2, 0.25) is 0 Å². The van der Waals surface area contributed by atoms with Crippen molar-refractivity contribution >= 4 is 11.3 Å². The summed E-state index contributed by atoms with van der Waals surface area (Å²) in [5.41, 5.74) is 3.78. The Balaban J connectivity index is 2.30. The molecule has 3 nitrogen and oxygen atoms in total. The predicted octanol–water partition coefficient (Wildman–Crippen LogP) is 4.29. The Hall–Kier alpha value is -2.49. The summed E-state index contributed by atoms with van der Waals surface area (Å²) in [5, 5.41) is 4.55. The zero-order valence-electron chi connectivity index (χ0n) is 12.8. The Morgan fingerprint density at radius 1 is 1.14 bits per heavy atom. The zero-order chi connectivity index (χ0) is 15.9. The van der Waals surface area contributed by atoms with E-state index in [4.69, 9.17) is 0 Å². The van der Waals surface area contributed by atoms with E-state index in [1.54, 1.807) is 16.6 Å². The summed E-state index contributed by atoms with van der Waals surface area (Å²) in [6, 6.07) is 9.94. The van der Waals surface area contributed by atoms with Gasteiger partial charge in [0.15, 0.2) is 5.78 Å². The molecule has 0 saturated heterocycles. The van der Waals surface area contributed by atoms with Crippen molar-refractivity contribution in [3.8, 4) is 11.3 Å². The number of hydrogen-bond donors (Lipinski definition) is 0. The molecular weight excluding hydrogens is 279 g/mol. The average Bonchev–Trinajstić information content (AvgIpc) is 2.85. The highest BCUT2D eigenvalue weighted by atomic mass is 19.1. The van der Waals surface area contributed by atoms with Crippen LogP contribution in [-0.4, -0.2) is 15.4 Å². The van der Waals surface area contributed by atoms with Gasteiger partial charge in [0.25, 0.3) is 0 Å². The summed E-state index contributed by atoms with van der Waals surface area (Å²) in [4.78, 5) is 12.6. The van der Waals surface area contributed by atoms with Crippen LogP contribution in [0.1, 0.15) is 29.8 Å². The number of aromatic nitrogens is 2. The second-order valence-electron chi connectivity index (χ2n) is 5.79. The lowest BCUT2D eigenvalue weighted by Crippen LogP contribution is -2.08. The first-order valence-electron chi connectivity index (χ1n) is 7.26. The summed E-state index contributed by atoms with van der Waals surface area (Å²) in [6.45, 7) is 5.71. The molecule has 0 radical (unpaired) electrons. The van der Waals surface area contributed by atoms with Crippen LogP contribution in [0.3, 0.4) is 0 Å². The second kappa shape index (κ2) is 5.37. The van der Waals surface area contributed by atoms with E-state index in [9.17, 15) is 9.18 Å². The number of hydrogen-bond acceptors (Lipinski definition) is 2. The van der Waals surface area contributed by atoms with E-state index >= 15 is 0 Å². The van der Waals surface area contributed by atoms with Crippen LogP contribution in [0.4, 0.5) is 4.39 Å². The molecule has 2 aromatic heterocycles. The van der Waals surface area contributed by atoms with E-state index in [1.807, 2.05) is 39.1 Å². The molecular formula is C18H17FN2O. The van der Waals surface area contributed by atoms with Gasteiger partial charge in [-0.25, -0.2) is 8.91 Å². The fourth-order valence-electron chi connectivity index (χ4n) is 2.49. The Kier molecular flexibility index (Phi) is 3.53. The second-order valence-corrected chi connectivity index (χ2v) is 5.79. The maximum Gasteiger partial charge on any atom is 0.169 e. The van der Waals surface area contributed by atoms with Gasteiger partial charge in [-0.15, -0.1) is 0 Å². The molecule has 0 atom stereocenters. The number of rotatable bonds is 3. The number of fused-ring (bicyclic) bond motifs is 1. The summed E-state index contributed by atoms with van der Waals surface area (Å²) in [6.07, 6.45) is 1.89. The molecule has 0 unspecified atom stereocenters. The molecule has 0 bridgehead atoms. The van der Waals surface area contributed by atoms with Gasteiger partial charge >= 0.3 is 0 Å². The molecule has 0 aliphatic carbocycles.